The molecule has 0 fully saturated rings. The Kier molecular flexibility index (Phi) is 6.08. The molecule has 23 heavy (non-hydrogen) atoms. The van der Waals surface area contributed by atoms with E-state index in [2.05, 4.69) is 20.1 Å². The Bertz CT molecular complexity index is 731. The number of hydrogen-bond acceptors (Lipinski definition) is 5. The maximum absolute atomic E-state index is 12.0. The summed E-state index contributed by atoms with van der Waals surface area (Å²) in [7, 11) is -3.61. The molecule has 2 aromatic rings. The average molecular weight is 358 g/mol. The molecule has 0 saturated carbocycles. The minimum absolute atomic E-state index is 0.0972. The molecule has 1 aromatic heterocycles. The van der Waals surface area contributed by atoms with Gasteiger partial charge in [0.25, 0.3) is 0 Å². The first-order valence-corrected chi connectivity index (χ1v) is 8.68. The Morgan fingerprint density at radius 2 is 1.96 bits per heavy atom. The normalized spacial score (nSPS) is 11.3. The molecule has 0 atom stereocenters. The number of sulfonamides is 1. The van der Waals surface area contributed by atoms with Crippen LogP contribution in [0.3, 0.4) is 0 Å². The van der Waals surface area contributed by atoms with E-state index in [1.54, 1.807) is 4.68 Å². The number of halogens is 1. The van der Waals surface area contributed by atoms with E-state index in [1.807, 2.05) is 0 Å². The summed E-state index contributed by atoms with van der Waals surface area (Å²) in [6, 6.07) is 5.84. The van der Waals surface area contributed by atoms with Crippen molar-refractivity contribution >= 4 is 27.5 Å². The highest BCUT2D eigenvalue weighted by atomic mass is 35.5. The number of rotatable bonds is 8. The Morgan fingerprint density at radius 1 is 1.22 bits per heavy atom. The largest absolute Gasteiger partial charge is 0.355 e. The number of nitrogens with one attached hydrogen (secondary N) is 2. The lowest BCUT2D eigenvalue weighted by atomic mass is 10.4. The monoisotopic (exact) mass is 357 g/mol. The van der Waals surface area contributed by atoms with Crippen LogP contribution in [0.25, 0.3) is 0 Å². The van der Waals surface area contributed by atoms with E-state index in [0.717, 1.165) is 0 Å². The maximum Gasteiger partial charge on any atom is 0.240 e. The van der Waals surface area contributed by atoms with Crippen LogP contribution in [0.1, 0.15) is 6.42 Å². The fourth-order valence-electron chi connectivity index (χ4n) is 1.74. The zero-order chi connectivity index (χ0) is 16.7. The van der Waals surface area contributed by atoms with Crippen molar-refractivity contribution in [3.63, 3.8) is 0 Å². The third-order valence-corrected chi connectivity index (χ3v) is 4.63. The number of aromatic nitrogens is 3. The van der Waals surface area contributed by atoms with Gasteiger partial charge >= 0.3 is 0 Å². The first kappa shape index (κ1) is 17.4. The highest BCUT2D eigenvalue weighted by Crippen LogP contribution is 2.13. The van der Waals surface area contributed by atoms with E-state index in [9.17, 15) is 13.2 Å². The summed E-state index contributed by atoms with van der Waals surface area (Å²) in [6.07, 6.45) is 3.16. The summed E-state index contributed by atoms with van der Waals surface area (Å²) in [6.45, 7) is 0.714. The van der Waals surface area contributed by atoms with Crippen LogP contribution in [0.2, 0.25) is 5.02 Å². The first-order chi connectivity index (χ1) is 11.0. The molecule has 1 heterocycles. The smallest absolute Gasteiger partial charge is 0.240 e. The molecule has 0 bridgehead atoms. The number of benzene rings is 1. The lowest BCUT2D eigenvalue weighted by Crippen LogP contribution is -2.35. The Labute approximate surface area is 138 Å². The molecule has 2 rings (SSSR count). The van der Waals surface area contributed by atoms with Gasteiger partial charge < -0.3 is 5.32 Å². The highest BCUT2D eigenvalue weighted by molar-refractivity contribution is 7.89. The molecular formula is C13H16ClN5O3S. The van der Waals surface area contributed by atoms with E-state index in [-0.39, 0.29) is 30.3 Å². The van der Waals surface area contributed by atoms with Crippen LogP contribution in [0, 0.1) is 0 Å². The van der Waals surface area contributed by atoms with E-state index < -0.39 is 10.0 Å². The zero-order valence-corrected chi connectivity index (χ0v) is 13.7. The second-order valence-corrected chi connectivity index (χ2v) is 6.81. The van der Waals surface area contributed by atoms with Crippen molar-refractivity contribution in [3.05, 3.63) is 41.9 Å². The summed E-state index contributed by atoms with van der Waals surface area (Å²) in [4.78, 5) is 15.5. The van der Waals surface area contributed by atoms with Crippen LogP contribution in [0.5, 0.6) is 0 Å². The summed E-state index contributed by atoms with van der Waals surface area (Å²) in [5.74, 6) is -0.189. The Balaban J connectivity index is 1.70. The van der Waals surface area contributed by atoms with Gasteiger partial charge in [-0.3, -0.25) is 9.48 Å². The van der Waals surface area contributed by atoms with Crippen LogP contribution in [0.4, 0.5) is 0 Å². The van der Waals surface area contributed by atoms with Crippen molar-refractivity contribution in [1.82, 2.24) is 24.8 Å². The number of carbonyl (C=O) groups excluding carboxylic acids is 1. The third-order valence-electron chi connectivity index (χ3n) is 2.90. The third kappa shape index (κ3) is 5.62. The molecule has 0 unspecified atom stereocenters. The van der Waals surface area contributed by atoms with Gasteiger partial charge in [0.05, 0.1) is 11.4 Å². The molecule has 0 aliphatic rings. The first-order valence-electron chi connectivity index (χ1n) is 6.82. The summed E-state index contributed by atoms with van der Waals surface area (Å²) < 4.78 is 27.9. The fourth-order valence-corrected chi connectivity index (χ4v) is 2.89. The van der Waals surface area contributed by atoms with Crippen molar-refractivity contribution in [2.75, 3.05) is 13.1 Å². The summed E-state index contributed by atoms with van der Waals surface area (Å²) in [5.41, 5.74) is 0. The van der Waals surface area contributed by atoms with Crippen LogP contribution in [0.15, 0.2) is 41.8 Å². The van der Waals surface area contributed by atoms with Crippen molar-refractivity contribution in [2.24, 2.45) is 0 Å². The molecular weight excluding hydrogens is 342 g/mol. The lowest BCUT2D eigenvalue weighted by molar-refractivity contribution is -0.121. The Morgan fingerprint density at radius 3 is 2.61 bits per heavy atom. The Hall–Kier alpha value is -1.97. The average Bonchev–Trinajstić information content (AvgIpc) is 3.03. The van der Waals surface area contributed by atoms with Gasteiger partial charge in [0, 0.05) is 24.5 Å². The van der Waals surface area contributed by atoms with Crippen molar-refractivity contribution < 1.29 is 13.2 Å². The van der Waals surface area contributed by atoms with Gasteiger partial charge in [-0.15, -0.1) is 0 Å². The summed E-state index contributed by atoms with van der Waals surface area (Å²) in [5, 5.41) is 6.97. The number of amides is 1. The topological polar surface area (TPSA) is 106 Å². The SMILES string of the molecule is O=C(CCn1cncn1)NCCNS(=O)(=O)c1ccc(Cl)cc1. The molecule has 0 spiro atoms. The molecule has 2 N–H and O–H groups in total. The van der Waals surface area contributed by atoms with Gasteiger partial charge in [-0.25, -0.2) is 18.1 Å². The maximum atomic E-state index is 12.0. The second-order valence-electron chi connectivity index (χ2n) is 4.61. The lowest BCUT2D eigenvalue weighted by Gasteiger charge is -2.08. The van der Waals surface area contributed by atoms with Gasteiger partial charge in [-0.2, -0.15) is 5.10 Å². The van der Waals surface area contributed by atoms with Crippen molar-refractivity contribution in [2.45, 2.75) is 17.9 Å². The molecule has 1 amide bonds. The van der Waals surface area contributed by atoms with Gasteiger partial charge in [-0.05, 0) is 24.3 Å². The molecule has 0 saturated heterocycles. The molecule has 124 valence electrons. The number of aryl methyl sites for hydroxylation is 1. The van der Waals surface area contributed by atoms with E-state index in [1.165, 1.54) is 36.9 Å². The molecule has 8 nitrogen and oxygen atoms in total. The van der Waals surface area contributed by atoms with Gasteiger partial charge in [0.2, 0.25) is 15.9 Å². The molecule has 1 aromatic carbocycles. The standard InChI is InChI=1S/C13H16ClN5O3S/c14-11-1-3-12(4-2-11)23(21,22)18-7-6-16-13(20)5-8-19-10-15-9-17-19/h1-4,9-10,18H,5-8H2,(H,16,20). The van der Waals surface area contributed by atoms with Gasteiger partial charge in [0.15, 0.2) is 0 Å². The minimum atomic E-state index is -3.61. The predicted octanol–water partition coefficient (Wildman–Crippen LogP) is 0.416. The molecule has 10 heteroatoms. The summed E-state index contributed by atoms with van der Waals surface area (Å²) >= 11 is 5.72. The van der Waals surface area contributed by atoms with Crippen molar-refractivity contribution in [3.8, 4) is 0 Å². The van der Waals surface area contributed by atoms with E-state index >= 15 is 0 Å². The molecule has 0 radical (unpaired) electrons. The van der Waals surface area contributed by atoms with E-state index in [4.69, 9.17) is 11.6 Å². The van der Waals surface area contributed by atoms with Crippen LogP contribution < -0.4 is 10.0 Å². The fraction of sp³-hybridized carbons (Fsp3) is 0.308. The quantitative estimate of drug-likeness (QED) is 0.666. The predicted molar refractivity (Wildman–Crippen MR) is 84.3 cm³/mol. The van der Waals surface area contributed by atoms with Crippen LogP contribution in [-0.2, 0) is 21.4 Å². The highest BCUT2D eigenvalue weighted by Gasteiger charge is 2.13. The van der Waals surface area contributed by atoms with Crippen LogP contribution in [-0.4, -0.2) is 42.2 Å². The minimum Gasteiger partial charge on any atom is -0.355 e. The number of nitrogens with zero attached hydrogens (tertiary/aromatic N) is 3. The second kappa shape index (κ2) is 8.04. The molecule has 0 aliphatic heterocycles. The van der Waals surface area contributed by atoms with Crippen molar-refractivity contribution in [1.29, 1.82) is 0 Å². The van der Waals surface area contributed by atoms with Gasteiger partial charge in [-0.1, -0.05) is 11.6 Å². The van der Waals surface area contributed by atoms with Crippen LogP contribution >= 0.6 is 11.6 Å². The number of hydrogen-bond donors (Lipinski definition) is 2. The molecule has 0 aliphatic carbocycles. The van der Waals surface area contributed by atoms with Gasteiger partial charge in [0.1, 0.15) is 12.7 Å². The zero-order valence-electron chi connectivity index (χ0n) is 12.1. The number of carbonyl (C=O) groups is 1. The van der Waals surface area contributed by atoms with E-state index in [0.29, 0.717) is 11.6 Å².